The second-order valence-electron chi connectivity index (χ2n) is 4.41. The Labute approximate surface area is 110 Å². The number of hydrogen-bond donors (Lipinski definition) is 1. The van der Waals surface area contributed by atoms with Crippen molar-refractivity contribution in [2.45, 2.75) is 38.0 Å². The Morgan fingerprint density at radius 3 is 2.56 bits per heavy atom. The quantitative estimate of drug-likeness (QED) is 0.830. The Kier molecular flexibility index (Phi) is 3.84. The molecule has 2 nitrogen and oxygen atoms in total. The lowest BCUT2D eigenvalue weighted by atomic mass is 9.83. The van der Waals surface area contributed by atoms with E-state index in [9.17, 15) is 4.79 Å². The number of amides is 1. The van der Waals surface area contributed by atoms with Crippen LogP contribution >= 0.6 is 22.6 Å². The number of primary amides is 1. The molecule has 2 rings (SSSR count). The first-order valence-corrected chi connectivity index (χ1v) is 6.86. The second-order valence-corrected chi connectivity index (χ2v) is 5.49. The van der Waals surface area contributed by atoms with E-state index in [4.69, 9.17) is 5.73 Å². The van der Waals surface area contributed by atoms with E-state index in [1.54, 1.807) is 0 Å². The van der Waals surface area contributed by atoms with Gasteiger partial charge in [-0.25, -0.2) is 0 Å². The minimum atomic E-state index is -0.318. The number of benzene rings is 1. The molecule has 16 heavy (non-hydrogen) atoms. The van der Waals surface area contributed by atoms with Crippen molar-refractivity contribution in [2.75, 3.05) is 0 Å². The van der Waals surface area contributed by atoms with Crippen LogP contribution in [-0.4, -0.2) is 5.91 Å². The predicted octanol–water partition coefficient (Wildman–Crippen LogP) is 3.44. The number of nitrogens with two attached hydrogens (primary N) is 1. The summed E-state index contributed by atoms with van der Waals surface area (Å²) in [6.45, 7) is 0. The Hall–Kier alpha value is -0.580. The largest absolute Gasteiger partial charge is 0.366 e. The van der Waals surface area contributed by atoms with Gasteiger partial charge < -0.3 is 5.73 Å². The average molecular weight is 329 g/mol. The number of rotatable bonds is 2. The third kappa shape index (κ3) is 2.39. The lowest BCUT2D eigenvalue weighted by Gasteiger charge is -2.23. The molecule has 1 aliphatic rings. The molecule has 1 aliphatic carbocycles. The fourth-order valence-corrected chi connectivity index (χ4v) is 3.53. The predicted molar refractivity (Wildman–Crippen MR) is 73.5 cm³/mol. The van der Waals surface area contributed by atoms with Gasteiger partial charge in [-0.1, -0.05) is 31.4 Å². The third-order valence-corrected chi connectivity index (χ3v) is 4.54. The molecule has 1 saturated carbocycles. The summed E-state index contributed by atoms with van der Waals surface area (Å²) in [5, 5.41) is 0. The van der Waals surface area contributed by atoms with Crippen LogP contribution in [0.1, 0.15) is 53.9 Å². The lowest BCUT2D eigenvalue weighted by Crippen LogP contribution is -2.15. The van der Waals surface area contributed by atoms with Crippen molar-refractivity contribution in [1.82, 2.24) is 0 Å². The monoisotopic (exact) mass is 329 g/mol. The molecule has 0 aliphatic heterocycles. The SMILES string of the molecule is NC(=O)c1cccc(C2CCCCC2)c1I. The molecule has 0 spiro atoms. The van der Waals surface area contributed by atoms with Gasteiger partial charge >= 0.3 is 0 Å². The van der Waals surface area contributed by atoms with Gasteiger partial charge in [-0.15, -0.1) is 0 Å². The molecule has 1 aromatic carbocycles. The molecule has 0 aromatic heterocycles. The van der Waals surface area contributed by atoms with Crippen LogP contribution < -0.4 is 5.73 Å². The maximum absolute atomic E-state index is 11.3. The second kappa shape index (κ2) is 5.17. The molecule has 1 amide bonds. The minimum absolute atomic E-state index is 0.318. The standard InChI is InChI=1S/C13H16INO/c14-12-10(9-5-2-1-3-6-9)7-4-8-11(12)13(15)16/h4,7-9H,1-3,5-6H2,(H2,15,16). The molecule has 2 N–H and O–H groups in total. The van der Waals surface area contributed by atoms with Crippen LogP contribution in [0.4, 0.5) is 0 Å². The molecular formula is C13H16INO. The van der Waals surface area contributed by atoms with Gasteiger partial charge in [0.25, 0.3) is 0 Å². The Morgan fingerprint density at radius 1 is 1.25 bits per heavy atom. The molecule has 0 heterocycles. The zero-order valence-electron chi connectivity index (χ0n) is 9.21. The fourth-order valence-electron chi connectivity index (χ4n) is 2.47. The molecule has 0 bridgehead atoms. The maximum atomic E-state index is 11.3. The van der Waals surface area contributed by atoms with Crippen LogP contribution in [0, 0.1) is 3.57 Å². The summed E-state index contributed by atoms with van der Waals surface area (Å²) in [5.41, 5.74) is 7.36. The topological polar surface area (TPSA) is 43.1 Å². The van der Waals surface area contributed by atoms with Gasteiger partial charge in [-0.3, -0.25) is 4.79 Å². The summed E-state index contributed by atoms with van der Waals surface area (Å²) in [6, 6.07) is 5.91. The summed E-state index contributed by atoms with van der Waals surface area (Å²) < 4.78 is 1.06. The first-order valence-electron chi connectivity index (χ1n) is 5.78. The Bertz CT molecular complexity index is 397. The van der Waals surface area contributed by atoms with Gasteiger partial charge in [0, 0.05) is 3.57 Å². The Morgan fingerprint density at radius 2 is 1.94 bits per heavy atom. The summed E-state index contributed by atoms with van der Waals surface area (Å²) in [7, 11) is 0. The third-order valence-electron chi connectivity index (χ3n) is 3.34. The molecule has 0 radical (unpaired) electrons. The van der Waals surface area contributed by atoms with Crippen molar-refractivity contribution < 1.29 is 4.79 Å². The van der Waals surface area contributed by atoms with Crippen LogP contribution in [0.2, 0.25) is 0 Å². The van der Waals surface area contributed by atoms with Crippen molar-refractivity contribution in [3.05, 3.63) is 32.9 Å². The summed E-state index contributed by atoms with van der Waals surface area (Å²) in [4.78, 5) is 11.3. The first kappa shape index (κ1) is 11.9. The van der Waals surface area contributed by atoms with E-state index in [1.807, 2.05) is 12.1 Å². The summed E-state index contributed by atoms with van der Waals surface area (Å²) >= 11 is 2.26. The summed E-state index contributed by atoms with van der Waals surface area (Å²) in [6.07, 6.45) is 6.46. The molecule has 1 fully saturated rings. The van der Waals surface area contributed by atoms with E-state index in [-0.39, 0.29) is 5.91 Å². The highest BCUT2D eigenvalue weighted by atomic mass is 127. The van der Waals surface area contributed by atoms with Crippen LogP contribution in [0.15, 0.2) is 18.2 Å². The lowest BCUT2D eigenvalue weighted by molar-refractivity contribution is 0.0999. The van der Waals surface area contributed by atoms with E-state index in [0.29, 0.717) is 11.5 Å². The highest BCUT2D eigenvalue weighted by Crippen LogP contribution is 2.35. The molecular weight excluding hydrogens is 313 g/mol. The van der Waals surface area contributed by atoms with Crippen molar-refractivity contribution >= 4 is 28.5 Å². The zero-order valence-corrected chi connectivity index (χ0v) is 11.4. The highest BCUT2D eigenvalue weighted by molar-refractivity contribution is 14.1. The van der Waals surface area contributed by atoms with E-state index >= 15 is 0 Å². The number of halogens is 1. The van der Waals surface area contributed by atoms with E-state index < -0.39 is 0 Å². The van der Waals surface area contributed by atoms with Crippen molar-refractivity contribution in [3.63, 3.8) is 0 Å². The molecule has 3 heteroatoms. The smallest absolute Gasteiger partial charge is 0.249 e. The minimum Gasteiger partial charge on any atom is -0.366 e. The molecule has 0 atom stereocenters. The van der Waals surface area contributed by atoms with Crippen LogP contribution in [0.3, 0.4) is 0 Å². The molecule has 0 saturated heterocycles. The Balaban J connectivity index is 2.33. The number of hydrogen-bond acceptors (Lipinski definition) is 1. The van der Waals surface area contributed by atoms with Gasteiger partial charge in [-0.2, -0.15) is 0 Å². The molecule has 0 unspecified atom stereocenters. The summed E-state index contributed by atoms with van der Waals surface area (Å²) in [5.74, 6) is 0.307. The van der Waals surface area contributed by atoms with Gasteiger partial charge in [0.2, 0.25) is 5.91 Å². The first-order chi connectivity index (χ1) is 7.70. The van der Waals surface area contributed by atoms with Gasteiger partial charge in [-0.05, 0) is 53.0 Å². The normalized spacial score (nSPS) is 17.3. The van der Waals surface area contributed by atoms with Crippen molar-refractivity contribution in [2.24, 2.45) is 5.73 Å². The van der Waals surface area contributed by atoms with Crippen LogP contribution in [0.5, 0.6) is 0 Å². The van der Waals surface area contributed by atoms with Gasteiger partial charge in [0.1, 0.15) is 0 Å². The van der Waals surface area contributed by atoms with Gasteiger partial charge in [0.15, 0.2) is 0 Å². The van der Waals surface area contributed by atoms with E-state index in [1.165, 1.54) is 37.7 Å². The molecule has 86 valence electrons. The average Bonchev–Trinajstić information content (AvgIpc) is 2.30. The van der Waals surface area contributed by atoms with E-state index in [2.05, 4.69) is 28.7 Å². The van der Waals surface area contributed by atoms with Crippen molar-refractivity contribution in [1.29, 1.82) is 0 Å². The van der Waals surface area contributed by atoms with Crippen LogP contribution in [-0.2, 0) is 0 Å². The van der Waals surface area contributed by atoms with Gasteiger partial charge in [0.05, 0.1) is 5.56 Å². The zero-order chi connectivity index (χ0) is 11.5. The number of carbonyl (C=O) groups excluding carboxylic acids is 1. The van der Waals surface area contributed by atoms with E-state index in [0.717, 1.165) is 3.57 Å². The molecule has 1 aromatic rings. The number of carbonyl (C=O) groups is 1. The fraction of sp³-hybridized carbons (Fsp3) is 0.462. The highest BCUT2D eigenvalue weighted by Gasteiger charge is 2.20. The van der Waals surface area contributed by atoms with Crippen molar-refractivity contribution in [3.8, 4) is 0 Å². The maximum Gasteiger partial charge on any atom is 0.249 e. The van der Waals surface area contributed by atoms with Crippen LogP contribution in [0.25, 0.3) is 0 Å².